The molecule has 160 valence electrons. The van der Waals surface area contributed by atoms with Gasteiger partial charge in [-0.3, -0.25) is 4.79 Å². The molecule has 1 saturated carbocycles. The van der Waals surface area contributed by atoms with Crippen LogP contribution in [0, 0.1) is 5.92 Å². The predicted molar refractivity (Wildman–Crippen MR) is 118 cm³/mol. The highest BCUT2D eigenvalue weighted by atomic mass is 32.1. The lowest BCUT2D eigenvalue weighted by Gasteiger charge is -2.44. The Kier molecular flexibility index (Phi) is 5.79. The lowest BCUT2D eigenvalue weighted by molar-refractivity contribution is -0.147. The Labute approximate surface area is 182 Å². The van der Waals surface area contributed by atoms with Crippen LogP contribution in [0.15, 0.2) is 24.3 Å². The van der Waals surface area contributed by atoms with Crippen molar-refractivity contribution in [1.29, 1.82) is 0 Å². The second-order valence-corrected chi connectivity index (χ2v) is 9.82. The van der Waals surface area contributed by atoms with Crippen molar-refractivity contribution in [3.63, 3.8) is 0 Å². The maximum Gasteiger partial charge on any atom is 0.309 e. The molecule has 1 unspecified atom stereocenters. The van der Waals surface area contributed by atoms with Gasteiger partial charge in [-0.2, -0.15) is 0 Å². The van der Waals surface area contributed by atoms with E-state index in [1.165, 1.54) is 37.2 Å². The van der Waals surface area contributed by atoms with E-state index in [1.54, 1.807) is 11.3 Å². The summed E-state index contributed by atoms with van der Waals surface area (Å²) in [6.45, 7) is 4.83. The number of ether oxygens (including phenoxy) is 2. The summed E-state index contributed by atoms with van der Waals surface area (Å²) in [6.07, 6.45) is 8.22. The second kappa shape index (κ2) is 8.67. The minimum absolute atomic E-state index is 0.0558. The molecule has 3 aliphatic rings. The SMILES string of the molecule is CCOC(=O)C1Cc2nc(-c3ccc(O[C@H]4C[C@H](N5CCCCC5)C4)cc3)sc2C1. The summed E-state index contributed by atoms with van der Waals surface area (Å²) >= 11 is 1.70. The molecule has 0 N–H and O–H groups in total. The number of benzene rings is 1. The Morgan fingerprint density at radius 3 is 2.60 bits per heavy atom. The third kappa shape index (κ3) is 4.12. The molecular formula is C24H30N2O3S. The maximum atomic E-state index is 12.0. The van der Waals surface area contributed by atoms with Gasteiger partial charge in [0.15, 0.2) is 0 Å². The van der Waals surface area contributed by atoms with Crippen molar-refractivity contribution in [1.82, 2.24) is 9.88 Å². The van der Waals surface area contributed by atoms with Crippen molar-refractivity contribution >= 4 is 17.3 Å². The highest BCUT2D eigenvalue weighted by Gasteiger charge is 2.35. The number of thiazole rings is 1. The first-order valence-corrected chi connectivity index (χ1v) is 12.2. The molecule has 0 spiro atoms. The Balaban J connectivity index is 1.14. The lowest BCUT2D eigenvalue weighted by Crippen LogP contribution is -2.50. The summed E-state index contributed by atoms with van der Waals surface area (Å²) in [5.74, 6) is 0.802. The normalized spacial score (nSPS) is 26.1. The van der Waals surface area contributed by atoms with Gasteiger partial charge in [0, 0.05) is 35.7 Å². The molecule has 1 atom stereocenters. The molecule has 2 heterocycles. The van der Waals surface area contributed by atoms with Crippen molar-refractivity contribution < 1.29 is 14.3 Å². The number of carbonyl (C=O) groups is 1. The highest BCUT2D eigenvalue weighted by Crippen LogP contribution is 2.37. The highest BCUT2D eigenvalue weighted by molar-refractivity contribution is 7.15. The molecule has 1 aromatic carbocycles. The van der Waals surface area contributed by atoms with Gasteiger partial charge in [0.25, 0.3) is 0 Å². The molecule has 1 saturated heterocycles. The van der Waals surface area contributed by atoms with Gasteiger partial charge in [-0.15, -0.1) is 11.3 Å². The van der Waals surface area contributed by atoms with E-state index in [1.807, 2.05) is 6.92 Å². The van der Waals surface area contributed by atoms with Crippen LogP contribution in [0.25, 0.3) is 10.6 Å². The summed E-state index contributed by atoms with van der Waals surface area (Å²) in [5, 5.41) is 1.03. The number of aromatic nitrogens is 1. The molecule has 0 bridgehead atoms. The Morgan fingerprint density at radius 2 is 1.90 bits per heavy atom. The van der Waals surface area contributed by atoms with Crippen molar-refractivity contribution in [2.45, 2.75) is 64.0 Å². The zero-order valence-electron chi connectivity index (χ0n) is 17.6. The van der Waals surface area contributed by atoms with Crippen LogP contribution in [-0.4, -0.2) is 47.7 Å². The summed E-state index contributed by atoms with van der Waals surface area (Å²) < 4.78 is 11.4. The van der Waals surface area contributed by atoms with Gasteiger partial charge in [-0.1, -0.05) is 6.42 Å². The molecule has 5 rings (SSSR count). The van der Waals surface area contributed by atoms with Crippen molar-refractivity contribution in [2.75, 3.05) is 19.7 Å². The van der Waals surface area contributed by atoms with Gasteiger partial charge >= 0.3 is 5.97 Å². The van der Waals surface area contributed by atoms with Gasteiger partial charge in [0.05, 0.1) is 18.2 Å². The summed E-state index contributed by atoms with van der Waals surface area (Å²) in [5.41, 5.74) is 2.18. The number of rotatable bonds is 6. The monoisotopic (exact) mass is 426 g/mol. The summed E-state index contributed by atoms with van der Waals surface area (Å²) in [4.78, 5) is 20.6. The molecule has 2 aromatic rings. The Hall–Kier alpha value is -1.92. The minimum atomic E-state index is -0.0933. The molecule has 6 heteroatoms. The van der Waals surface area contributed by atoms with Crippen molar-refractivity contribution in [2.24, 2.45) is 5.92 Å². The fraction of sp³-hybridized carbons (Fsp3) is 0.583. The molecule has 0 amide bonds. The van der Waals surface area contributed by atoms with E-state index in [-0.39, 0.29) is 11.9 Å². The third-order valence-corrected chi connectivity index (χ3v) is 7.82. The fourth-order valence-electron chi connectivity index (χ4n) is 4.87. The molecule has 30 heavy (non-hydrogen) atoms. The second-order valence-electron chi connectivity index (χ2n) is 8.73. The number of nitrogens with zero attached hydrogens (tertiary/aromatic N) is 2. The van der Waals surface area contributed by atoms with E-state index < -0.39 is 0 Å². The smallest absolute Gasteiger partial charge is 0.309 e. The first kappa shape index (κ1) is 20.0. The number of hydrogen-bond donors (Lipinski definition) is 0. The van der Waals surface area contributed by atoms with E-state index in [9.17, 15) is 4.79 Å². The molecule has 2 fully saturated rings. The largest absolute Gasteiger partial charge is 0.490 e. The first-order valence-electron chi connectivity index (χ1n) is 11.4. The molecule has 1 aromatic heterocycles. The predicted octanol–water partition coefficient (Wildman–Crippen LogP) is 4.48. The van der Waals surface area contributed by atoms with Crippen LogP contribution in [0.1, 0.15) is 49.6 Å². The zero-order valence-corrected chi connectivity index (χ0v) is 18.5. The van der Waals surface area contributed by atoms with E-state index >= 15 is 0 Å². The number of piperidine rings is 1. The number of carbonyl (C=O) groups excluding carboxylic acids is 1. The van der Waals surface area contributed by atoms with Gasteiger partial charge in [-0.05, 0) is 63.5 Å². The quantitative estimate of drug-likeness (QED) is 0.638. The van der Waals surface area contributed by atoms with Crippen molar-refractivity contribution in [3.05, 3.63) is 34.8 Å². The first-order chi connectivity index (χ1) is 14.7. The van der Waals surface area contributed by atoms with E-state index in [0.717, 1.165) is 47.3 Å². The fourth-order valence-corrected chi connectivity index (χ4v) is 6.04. The van der Waals surface area contributed by atoms with E-state index in [2.05, 4.69) is 29.2 Å². The molecule has 5 nitrogen and oxygen atoms in total. The number of esters is 1. The zero-order chi connectivity index (χ0) is 20.5. The van der Waals surface area contributed by atoms with Gasteiger partial charge < -0.3 is 14.4 Å². The maximum absolute atomic E-state index is 12.0. The Bertz CT molecular complexity index is 859. The average Bonchev–Trinajstić information content (AvgIpc) is 3.31. The minimum Gasteiger partial charge on any atom is -0.490 e. The average molecular weight is 427 g/mol. The molecular weight excluding hydrogens is 396 g/mol. The van der Waals surface area contributed by atoms with Crippen LogP contribution in [-0.2, 0) is 22.4 Å². The topological polar surface area (TPSA) is 51.7 Å². The standard InChI is InChI=1S/C24H30N2O3S/c1-2-28-24(27)17-12-21-22(13-17)30-23(25-21)16-6-8-19(9-7-16)29-20-14-18(15-20)26-10-4-3-5-11-26/h6-9,17-18,20H,2-5,10-15H2,1H3/t17?,18-,20-. The van der Waals surface area contributed by atoms with Gasteiger partial charge in [-0.25, -0.2) is 4.98 Å². The van der Waals surface area contributed by atoms with Crippen LogP contribution in [0.2, 0.25) is 0 Å². The van der Waals surface area contributed by atoms with E-state index in [4.69, 9.17) is 14.5 Å². The lowest BCUT2D eigenvalue weighted by atomic mass is 9.86. The third-order valence-electron chi connectivity index (χ3n) is 6.65. The van der Waals surface area contributed by atoms with Crippen LogP contribution >= 0.6 is 11.3 Å². The van der Waals surface area contributed by atoms with Crippen molar-refractivity contribution in [3.8, 4) is 16.3 Å². The van der Waals surface area contributed by atoms with Gasteiger partial charge in [0.1, 0.15) is 16.9 Å². The summed E-state index contributed by atoms with van der Waals surface area (Å²) in [7, 11) is 0. The molecule has 0 radical (unpaired) electrons. The van der Waals surface area contributed by atoms with Crippen LogP contribution < -0.4 is 4.74 Å². The van der Waals surface area contributed by atoms with Crippen LogP contribution in [0.5, 0.6) is 5.75 Å². The van der Waals surface area contributed by atoms with Crippen LogP contribution in [0.4, 0.5) is 0 Å². The molecule has 2 aliphatic carbocycles. The van der Waals surface area contributed by atoms with Gasteiger partial charge in [0.2, 0.25) is 0 Å². The number of likely N-dealkylation sites (tertiary alicyclic amines) is 1. The van der Waals surface area contributed by atoms with E-state index in [0.29, 0.717) is 19.1 Å². The molecule has 1 aliphatic heterocycles. The summed E-state index contributed by atoms with van der Waals surface area (Å²) in [6, 6.07) is 9.07. The number of fused-ring (bicyclic) bond motifs is 1. The number of hydrogen-bond acceptors (Lipinski definition) is 6. The van der Waals surface area contributed by atoms with Crippen LogP contribution in [0.3, 0.4) is 0 Å². The Morgan fingerprint density at radius 1 is 1.13 bits per heavy atom.